The van der Waals surface area contributed by atoms with Crippen molar-refractivity contribution in [3.63, 3.8) is 0 Å². The molecule has 0 radical (unpaired) electrons. The summed E-state index contributed by atoms with van der Waals surface area (Å²) in [6.07, 6.45) is 1.73. The molecule has 1 unspecified atom stereocenters. The summed E-state index contributed by atoms with van der Waals surface area (Å²) in [6.45, 7) is 6.21. The van der Waals surface area contributed by atoms with E-state index in [4.69, 9.17) is 4.74 Å². The van der Waals surface area contributed by atoms with Gasteiger partial charge in [0, 0.05) is 6.20 Å². The third kappa shape index (κ3) is 4.97. The van der Waals surface area contributed by atoms with Gasteiger partial charge in [-0.05, 0) is 47.7 Å². The number of hydrogen-bond acceptors (Lipinski definition) is 3. The molecule has 144 valence electrons. The number of benzene rings is 2. The molecule has 0 saturated carbocycles. The Hall–Kier alpha value is -3.14. The second-order valence-corrected chi connectivity index (χ2v) is 7.15. The Bertz CT molecular complexity index is 869. The highest BCUT2D eigenvalue weighted by Gasteiger charge is 2.18. The van der Waals surface area contributed by atoms with Crippen molar-refractivity contribution in [3.05, 3.63) is 95.3 Å². The van der Waals surface area contributed by atoms with E-state index < -0.39 is 0 Å². The minimum atomic E-state index is -0.319. The molecule has 0 aliphatic heterocycles. The van der Waals surface area contributed by atoms with E-state index in [1.54, 1.807) is 6.20 Å². The van der Waals surface area contributed by atoms with Crippen LogP contribution in [0.4, 0.5) is 0 Å². The molecule has 28 heavy (non-hydrogen) atoms. The Balaban J connectivity index is 1.74. The van der Waals surface area contributed by atoms with Crippen molar-refractivity contribution in [2.45, 2.75) is 32.7 Å². The van der Waals surface area contributed by atoms with Crippen LogP contribution in [0.5, 0.6) is 5.75 Å². The van der Waals surface area contributed by atoms with E-state index in [1.807, 2.05) is 61.5 Å². The van der Waals surface area contributed by atoms with Crippen LogP contribution in [-0.4, -0.2) is 17.5 Å². The summed E-state index contributed by atoms with van der Waals surface area (Å²) >= 11 is 0. The Morgan fingerprint density at radius 1 is 1.04 bits per heavy atom. The summed E-state index contributed by atoms with van der Waals surface area (Å²) in [4.78, 5) is 17.1. The maximum atomic E-state index is 12.7. The smallest absolute Gasteiger partial charge is 0.258 e. The quantitative estimate of drug-likeness (QED) is 0.646. The van der Waals surface area contributed by atoms with E-state index in [0.717, 1.165) is 28.1 Å². The number of rotatable bonds is 7. The predicted molar refractivity (Wildman–Crippen MR) is 111 cm³/mol. The minimum Gasteiger partial charge on any atom is -0.483 e. The first-order chi connectivity index (χ1) is 13.5. The number of ether oxygens (including phenoxy) is 1. The first-order valence-electron chi connectivity index (χ1n) is 9.53. The summed E-state index contributed by atoms with van der Waals surface area (Å²) in [5.41, 5.74) is 3.98. The number of pyridine rings is 1. The number of carbonyl (C=O) groups is 1. The average Bonchev–Trinajstić information content (AvgIpc) is 2.71. The molecule has 1 amide bonds. The molecule has 2 aromatic carbocycles. The fourth-order valence-corrected chi connectivity index (χ4v) is 3.11. The fraction of sp³-hybridized carbons (Fsp3) is 0.250. The van der Waals surface area contributed by atoms with Crippen molar-refractivity contribution in [1.29, 1.82) is 0 Å². The molecule has 4 heteroatoms. The van der Waals surface area contributed by atoms with Crippen molar-refractivity contribution in [1.82, 2.24) is 10.3 Å². The number of nitrogens with zero attached hydrogens (tertiary/aromatic N) is 1. The van der Waals surface area contributed by atoms with Gasteiger partial charge in [-0.25, -0.2) is 0 Å². The van der Waals surface area contributed by atoms with Crippen LogP contribution in [0.3, 0.4) is 0 Å². The molecule has 3 rings (SSSR count). The topological polar surface area (TPSA) is 51.2 Å². The molecular weight excluding hydrogens is 348 g/mol. The lowest BCUT2D eigenvalue weighted by Gasteiger charge is -2.20. The molecule has 1 N–H and O–H groups in total. The molecule has 1 aromatic heterocycles. The van der Waals surface area contributed by atoms with Crippen LogP contribution in [0.25, 0.3) is 0 Å². The van der Waals surface area contributed by atoms with Crippen LogP contribution in [0.15, 0.2) is 72.9 Å². The molecule has 1 heterocycles. The van der Waals surface area contributed by atoms with E-state index in [1.165, 1.54) is 0 Å². The zero-order chi connectivity index (χ0) is 19.9. The van der Waals surface area contributed by atoms with Crippen molar-refractivity contribution in [2.24, 2.45) is 0 Å². The molecule has 0 spiro atoms. The van der Waals surface area contributed by atoms with Gasteiger partial charge in [0.05, 0.1) is 11.7 Å². The number of aromatic nitrogens is 1. The highest BCUT2D eigenvalue weighted by atomic mass is 16.5. The standard InChI is InChI=1S/C24H26N2O2/c1-17(2)20-13-12-18(3)15-22(20)28-16-23(27)26-24(19-9-5-4-6-10-19)21-11-7-8-14-25-21/h4-15,17,24H,16H2,1-3H3,(H,26,27). The molecule has 4 nitrogen and oxygen atoms in total. The highest BCUT2D eigenvalue weighted by Crippen LogP contribution is 2.27. The third-order valence-corrected chi connectivity index (χ3v) is 4.57. The molecule has 0 bridgehead atoms. The predicted octanol–water partition coefficient (Wildman–Crippen LogP) is 4.80. The number of amides is 1. The van der Waals surface area contributed by atoms with Gasteiger partial charge in [0.1, 0.15) is 5.75 Å². The largest absolute Gasteiger partial charge is 0.483 e. The minimum absolute atomic E-state index is 0.0423. The van der Waals surface area contributed by atoms with E-state index in [2.05, 4.69) is 36.3 Å². The summed E-state index contributed by atoms with van der Waals surface area (Å²) in [5.74, 6) is 0.902. The maximum absolute atomic E-state index is 12.7. The average molecular weight is 374 g/mol. The summed E-state index contributed by atoms with van der Waals surface area (Å²) in [5, 5.41) is 3.06. The number of carbonyl (C=O) groups excluding carboxylic acids is 1. The second-order valence-electron chi connectivity index (χ2n) is 7.15. The van der Waals surface area contributed by atoms with Gasteiger partial charge in [-0.15, -0.1) is 0 Å². The zero-order valence-electron chi connectivity index (χ0n) is 16.6. The SMILES string of the molecule is Cc1ccc(C(C)C)c(OCC(=O)NC(c2ccccc2)c2ccccn2)c1. The zero-order valence-corrected chi connectivity index (χ0v) is 16.6. The van der Waals surface area contributed by atoms with Gasteiger partial charge in [-0.1, -0.05) is 62.4 Å². The van der Waals surface area contributed by atoms with Crippen molar-refractivity contribution >= 4 is 5.91 Å². The third-order valence-electron chi connectivity index (χ3n) is 4.57. The first kappa shape index (κ1) is 19.6. The molecule has 0 fully saturated rings. The molecule has 0 aliphatic rings. The molecule has 3 aromatic rings. The van der Waals surface area contributed by atoms with Crippen molar-refractivity contribution in [2.75, 3.05) is 6.61 Å². The lowest BCUT2D eigenvalue weighted by Crippen LogP contribution is -2.33. The van der Waals surface area contributed by atoms with Crippen LogP contribution >= 0.6 is 0 Å². The van der Waals surface area contributed by atoms with Gasteiger partial charge in [-0.2, -0.15) is 0 Å². The van der Waals surface area contributed by atoms with E-state index in [-0.39, 0.29) is 18.6 Å². The van der Waals surface area contributed by atoms with E-state index in [0.29, 0.717) is 5.92 Å². The van der Waals surface area contributed by atoms with Gasteiger partial charge in [-0.3, -0.25) is 9.78 Å². The molecule has 1 atom stereocenters. The van der Waals surface area contributed by atoms with Gasteiger partial charge in [0.2, 0.25) is 0 Å². The van der Waals surface area contributed by atoms with Gasteiger partial charge < -0.3 is 10.1 Å². The van der Waals surface area contributed by atoms with Crippen molar-refractivity contribution < 1.29 is 9.53 Å². The molecular formula is C24H26N2O2. The maximum Gasteiger partial charge on any atom is 0.258 e. The molecule has 0 aliphatic carbocycles. The second kappa shape index (κ2) is 9.18. The normalized spacial score (nSPS) is 11.9. The lowest BCUT2D eigenvalue weighted by atomic mass is 10.0. The Labute approximate surface area is 166 Å². The van der Waals surface area contributed by atoms with Crippen LogP contribution in [-0.2, 0) is 4.79 Å². The van der Waals surface area contributed by atoms with Crippen LogP contribution in [0, 0.1) is 6.92 Å². The summed E-state index contributed by atoms with van der Waals surface area (Å²) in [7, 11) is 0. The monoisotopic (exact) mass is 374 g/mol. The Morgan fingerprint density at radius 3 is 2.46 bits per heavy atom. The number of aryl methyl sites for hydroxylation is 1. The van der Waals surface area contributed by atoms with Gasteiger partial charge in [0.25, 0.3) is 5.91 Å². The summed E-state index contributed by atoms with van der Waals surface area (Å²) in [6, 6.07) is 21.3. The van der Waals surface area contributed by atoms with Gasteiger partial charge >= 0.3 is 0 Å². The van der Waals surface area contributed by atoms with Crippen LogP contribution < -0.4 is 10.1 Å². The van der Waals surface area contributed by atoms with Crippen molar-refractivity contribution in [3.8, 4) is 5.75 Å². The van der Waals surface area contributed by atoms with Crippen LogP contribution in [0.2, 0.25) is 0 Å². The van der Waals surface area contributed by atoms with Crippen LogP contribution in [0.1, 0.15) is 48.2 Å². The Morgan fingerprint density at radius 2 is 1.79 bits per heavy atom. The van der Waals surface area contributed by atoms with Gasteiger partial charge in [0.15, 0.2) is 6.61 Å². The van der Waals surface area contributed by atoms with E-state index in [9.17, 15) is 4.79 Å². The number of nitrogens with one attached hydrogen (secondary N) is 1. The lowest BCUT2D eigenvalue weighted by molar-refractivity contribution is -0.123. The summed E-state index contributed by atoms with van der Waals surface area (Å²) < 4.78 is 5.88. The molecule has 0 saturated heterocycles. The first-order valence-corrected chi connectivity index (χ1v) is 9.53. The Kier molecular flexibility index (Phi) is 6.43. The fourth-order valence-electron chi connectivity index (χ4n) is 3.11. The highest BCUT2D eigenvalue weighted by molar-refractivity contribution is 5.78. The number of hydrogen-bond donors (Lipinski definition) is 1. The van der Waals surface area contributed by atoms with E-state index >= 15 is 0 Å².